The molecule has 1 aliphatic rings. The summed E-state index contributed by atoms with van der Waals surface area (Å²) in [7, 11) is 0. The molecule has 1 N–H and O–H groups in total. The lowest BCUT2D eigenvalue weighted by molar-refractivity contribution is 0.0996. The number of amides is 1. The zero-order chi connectivity index (χ0) is 21.0. The van der Waals surface area contributed by atoms with Gasteiger partial charge in [-0.3, -0.25) is 9.69 Å². The first-order chi connectivity index (χ1) is 15.3. The van der Waals surface area contributed by atoms with Crippen LogP contribution in [0.1, 0.15) is 16.1 Å². The second-order valence-electron chi connectivity index (χ2n) is 7.71. The van der Waals surface area contributed by atoms with Gasteiger partial charge in [-0.2, -0.15) is 4.37 Å². The number of benzene rings is 2. The van der Waals surface area contributed by atoms with E-state index in [1.807, 2.05) is 12.1 Å². The summed E-state index contributed by atoms with van der Waals surface area (Å²) in [5.41, 5.74) is 2.04. The maximum atomic E-state index is 12.1. The van der Waals surface area contributed by atoms with Crippen LogP contribution in [-0.4, -0.2) is 47.9 Å². The Morgan fingerprint density at radius 1 is 1.00 bits per heavy atom. The molecule has 6 nitrogen and oxygen atoms in total. The zero-order valence-electron chi connectivity index (χ0n) is 17.2. The summed E-state index contributed by atoms with van der Waals surface area (Å²) in [6, 6.07) is 19.9. The topological polar surface area (TPSA) is 61.6 Å². The molecule has 1 amide bonds. The summed E-state index contributed by atoms with van der Waals surface area (Å²) in [6.45, 7) is 5.13. The molecule has 3 heterocycles. The third-order valence-electron chi connectivity index (χ3n) is 5.70. The molecule has 0 atom stereocenters. The smallest absolute Gasteiger partial charge is 0.291 e. The van der Waals surface area contributed by atoms with E-state index in [9.17, 15) is 4.79 Å². The van der Waals surface area contributed by atoms with Gasteiger partial charge in [0.2, 0.25) is 0 Å². The van der Waals surface area contributed by atoms with Crippen molar-refractivity contribution in [2.75, 3.05) is 42.9 Å². The molecule has 5 rings (SSSR count). The molecule has 2 aromatic heterocycles. The lowest BCUT2D eigenvalue weighted by Crippen LogP contribution is -2.47. The average molecular weight is 433 g/mol. The highest BCUT2D eigenvalue weighted by Crippen LogP contribution is 2.29. The minimum Gasteiger partial charge on any atom is -0.459 e. The van der Waals surface area contributed by atoms with Crippen LogP contribution in [0.4, 0.5) is 11.5 Å². The van der Waals surface area contributed by atoms with Crippen LogP contribution in [0.3, 0.4) is 0 Å². The number of aromatic nitrogens is 1. The van der Waals surface area contributed by atoms with Gasteiger partial charge >= 0.3 is 0 Å². The minimum absolute atomic E-state index is 0.233. The summed E-state index contributed by atoms with van der Waals surface area (Å²) in [5, 5.41) is 4.12. The molecule has 1 saturated heterocycles. The molecule has 0 aliphatic carbocycles. The fourth-order valence-electron chi connectivity index (χ4n) is 3.93. The van der Waals surface area contributed by atoms with E-state index in [1.54, 1.807) is 23.7 Å². The summed E-state index contributed by atoms with van der Waals surface area (Å²) >= 11 is 1.58. The molecular weight excluding hydrogens is 408 g/mol. The van der Waals surface area contributed by atoms with Gasteiger partial charge in [0.05, 0.1) is 11.0 Å². The second kappa shape index (κ2) is 8.91. The van der Waals surface area contributed by atoms with Gasteiger partial charge in [-0.1, -0.05) is 24.3 Å². The first kappa shape index (κ1) is 19.8. The lowest BCUT2D eigenvalue weighted by atomic mass is 10.1. The van der Waals surface area contributed by atoms with E-state index in [0.717, 1.165) is 50.6 Å². The molecule has 7 heteroatoms. The number of piperazine rings is 1. The number of carbonyl (C=O) groups excluding carboxylic acids is 1. The molecule has 1 fully saturated rings. The van der Waals surface area contributed by atoms with Gasteiger partial charge in [0.25, 0.3) is 5.91 Å². The van der Waals surface area contributed by atoms with E-state index in [-0.39, 0.29) is 5.91 Å². The van der Waals surface area contributed by atoms with E-state index >= 15 is 0 Å². The van der Waals surface area contributed by atoms with Crippen LogP contribution in [-0.2, 0) is 6.42 Å². The molecule has 0 spiro atoms. The number of hydrogen-bond acceptors (Lipinski definition) is 6. The molecule has 158 valence electrons. The number of nitrogens with one attached hydrogen (secondary N) is 1. The van der Waals surface area contributed by atoms with E-state index in [1.165, 1.54) is 21.9 Å². The Bertz CT molecular complexity index is 1150. The van der Waals surface area contributed by atoms with Crippen molar-refractivity contribution in [2.45, 2.75) is 6.42 Å². The Kier molecular flexibility index (Phi) is 5.69. The van der Waals surface area contributed by atoms with Gasteiger partial charge in [-0.15, -0.1) is 0 Å². The predicted molar refractivity (Wildman–Crippen MR) is 125 cm³/mol. The maximum absolute atomic E-state index is 12.1. The Balaban J connectivity index is 1.11. The third kappa shape index (κ3) is 4.47. The fourth-order valence-corrected chi connectivity index (χ4v) is 4.72. The number of furan rings is 1. The van der Waals surface area contributed by atoms with Gasteiger partial charge in [0, 0.05) is 43.8 Å². The first-order valence-electron chi connectivity index (χ1n) is 10.5. The van der Waals surface area contributed by atoms with E-state index in [0.29, 0.717) is 5.76 Å². The van der Waals surface area contributed by atoms with Crippen molar-refractivity contribution in [3.05, 3.63) is 78.3 Å². The minimum atomic E-state index is -0.233. The number of hydrogen-bond donors (Lipinski definition) is 1. The van der Waals surface area contributed by atoms with E-state index in [2.05, 4.69) is 51.5 Å². The Labute approximate surface area is 185 Å². The van der Waals surface area contributed by atoms with Crippen LogP contribution in [0.2, 0.25) is 0 Å². The van der Waals surface area contributed by atoms with Crippen molar-refractivity contribution in [1.29, 1.82) is 0 Å². The van der Waals surface area contributed by atoms with Crippen molar-refractivity contribution < 1.29 is 9.21 Å². The largest absolute Gasteiger partial charge is 0.459 e. The SMILES string of the molecule is O=C(Nc1ccc(CCN2CCN(c3nsc4ccccc34)CC2)cc1)c1ccco1. The third-order valence-corrected chi connectivity index (χ3v) is 6.52. The summed E-state index contributed by atoms with van der Waals surface area (Å²) < 4.78 is 11.1. The van der Waals surface area contributed by atoms with Gasteiger partial charge in [0.1, 0.15) is 5.82 Å². The second-order valence-corrected chi connectivity index (χ2v) is 8.51. The van der Waals surface area contributed by atoms with Gasteiger partial charge < -0.3 is 14.6 Å². The first-order valence-corrected chi connectivity index (χ1v) is 11.3. The number of carbonyl (C=O) groups is 1. The summed E-state index contributed by atoms with van der Waals surface area (Å²) in [5.74, 6) is 1.21. The molecule has 0 radical (unpaired) electrons. The molecule has 4 aromatic rings. The molecule has 0 unspecified atom stereocenters. The van der Waals surface area contributed by atoms with Crippen LogP contribution < -0.4 is 10.2 Å². The molecule has 2 aromatic carbocycles. The van der Waals surface area contributed by atoms with Crippen molar-refractivity contribution in [2.24, 2.45) is 0 Å². The lowest BCUT2D eigenvalue weighted by Gasteiger charge is -2.35. The van der Waals surface area contributed by atoms with Crippen LogP contribution >= 0.6 is 11.5 Å². The van der Waals surface area contributed by atoms with Crippen molar-refractivity contribution >= 4 is 39.0 Å². The van der Waals surface area contributed by atoms with Crippen LogP contribution in [0, 0.1) is 0 Å². The summed E-state index contributed by atoms with van der Waals surface area (Å²) in [6.07, 6.45) is 2.49. The summed E-state index contributed by atoms with van der Waals surface area (Å²) in [4.78, 5) is 17.0. The highest BCUT2D eigenvalue weighted by molar-refractivity contribution is 7.13. The van der Waals surface area contributed by atoms with E-state index < -0.39 is 0 Å². The van der Waals surface area contributed by atoms with Crippen LogP contribution in [0.25, 0.3) is 10.1 Å². The molecule has 31 heavy (non-hydrogen) atoms. The van der Waals surface area contributed by atoms with E-state index in [4.69, 9.17) is 8.79 Å². The number of anilines is 2. The zero-order valence-corrected chi connectivity index (χ0v) is 18.0. The molecule has 1 aliphatic heterocycles. The number of nitrogens with zero attached hydrogens (tertiary/aromatic N) is 3. The van der Waals surface area contributed by atoms with Crippen molar-refractivity contribution in [3.8, 4) is 0 Å². The Morgan fingerprint density at radius 2 is 1.81 bits per heavy atom. The standard InChI is InChI=1S/C24H24N4O2S/c29-24(21-5-3-17-30-21)25-19-9-7-18(8-10-19)11-12-27-13-15-28(16-14-27)23-20-4-1-2-6-22(20)31-26-23/h1-10,17H,11-16H2,(H,25,29). The Hall–Kier alpha value is -3.16. The average Bonchev–Trinajstić information content (AvgIpc) is 3.49. The van der Waals surface area contributed by atoms with Gasteiger partial charge in [-0.25, -0.2) is 0 Å². The maximum Gasteiger partial charge on any atom is 0.291 e. The van der Waals surface area contributed by atoms with Gasteiger partial charge in [-0.05, 0) is 59.9 Å². The predicted octanol–water partition coefficient (Wildman–Crippen LogP) is 4.51. The highest BCUT2D eigenvalue weighted by Gasteiger charge is 2.20. The monoisotopic (exact) mass is 432 g/mol. The van der Waals surface area contributed by atoms with Gasteiger partial charge in [0.15, 0.2) is 5.76 Å². The fraction of sp³-hybridized carbons (Fsp3) is 0.250. The molecule has 0 saturated carbocycles. The van der Waals surface area contributed by atoms with Crippen molar-refractivity contribution in [3.63, 3.8) is 0 Å². The van der Waals surface area contributed by atoms with Crippen molar-refractivity contribution in [1.82, 2.24) is 9.27 Å². The quantitative estimate of drug-likeness (QED) is 0.486. The van der Waals surface area contributed by atoms with Crippen LogP contribution in [0.5, 0.6) is 0 Å². The normalized spacial score (nSPS) is 14.8. The molecular formula is C24H24N4O2S. The number of rotatable bonds is 6. The highest BCUT2D eigenvalue weighted by atomic mass is 32.1. The van der Waals surface area contributed by atoms with Crippen LogP contribution in [0.15, 0.2) is 71.3 Å². The Morgan fingerprint density at radius 3 is 2.58 bits per heavy atom. The number of fused-ring (bicyclic) bond motifs is 1. The molecule has 0 bridgehead atoms.